The van der Waals surface area contributed by atoms with Crippen molar-refractivity contribution in [2.24, 2.45) is 0 Å². The molecule has 0 atom stereocenters. The first-order valence-electron chi connectivity index (χ1n) is 6.09. The molecule has 0 saturated heterocycles. The van der Waals surface area contributed by atoms with Gasteiger partial charge in [0.15, 0.2) is 0 Å². The summed E-state index contributed by atoms with van der Waals surface area (Å²) in [6, 6.07) is 2.53. The van der Waals surface area contributed by atoms with Crippen molar-refractivity contribution in [2.45, 2.75) is 33.0 Å². The van der Waals surface area contributed by atoms with E-state index in [4.69, 9.17) is 9.15 Å². The molecule has 17 heavy (non-hydrogen) atoms. The van der Waals surface area contributed by atoms with Gasteiger partial charge in [0.2, 0.25) is 0 Å². The molecule has 1 aromatic heterocycles. The summed E-state index contributed by atoms with van der Waals surface area (Å²) in [6.07, 6.45) is 1.76. The predicted octanol–water partition coefficient (Wildman–Crippen LogP) is 1.86. The Bertz CT molecular complexity index is 310. The summed E-state index contributed by atoms with van der Waals surface area (Å²) in [5.41, 5.74) is 1.24. The highest BCUT2D eigenvalue weighted by atomic mass is 16.5. The molecule has 1 aromatic rings. The molecule has 0 unspecified atom stereocenters. The van der Waals surface area contributed by atoms with Crippen molar-refractivity contribution in [3.05, 3.63) is 23.7 Å². The van der Waals surface area contributed by atoms with E-state index in [1.54, 1.807) is 13.4 Å². The van der Waals surface area contributed by atoms with E-state index in [1.165, 1.54) is 5.56 Å². The highest BCUT2D eigenvalue weighted by Crippen LogP contribution is 2.12. The van der Waals surface area contributed by atoms with E-state index in [0.29, 0.717) is 6.04 Å². The Morgan fingerprint density at radius 1 is 1.47 bits per heavy atom. The second kappa shape index (κ2) is 7.48. The summed E-state index contributed by atoms with van der Waals surface area (Å²) in [5.74, 6) is 1.04. The smallest absolute Gasteiger partial charge is 0.122 e. The summed E-state index contributed by atoms with van der Waals surface area (Å²) >= 11 is 0. The first-order chi connectivity index (χ1) is 8.13. The van der Waals surface area contributed by atoms with Crippen LogP contribution in [0.3, 0.4) is 0 Å². The Hall–Kier alpha value is -0.840. The molecule has 0 radical (unpaired) electrons. The lowest BCUT2D eigenvalue weighted by Crippen LogP contribution is -2.25. The molecule has 0 aliphatic rings. The largest absolute Gasteiger partial charge is 0.468 e. The van der Waals surface area contributed by atoms with Crippen LogP contribution in [-0.2, 0) is 17.8 Å². The van der Waals surface area contributed by atoms with Crippen molar-refractivity contribution in [1.29, 1.82) is 0 Å². The zero-order valence-electron chi connectivity index (χ0n) is 11.3. The summed E-state index contributed by atoms with van der Waals surface area (Å²) in [4.78, 5) is 2.20. The van der Waals surface area contributed by atoms with Crippen LogP contribution in [0.1, 0.15) is 25.2 Å². The number of hydrogen-bond acceptors (Lipinski definition) is 4. The maximum absolute atomic E-state index is 5.53. The number of rotatable bonds is 8. The van der Waals surface area contributed by atoms with Gasteiger partial charge in [-0.2, -0.15) is 0 Å². The topological polar surface area (TPSA) is 37.6 Å². The number of ether oxygens (including phenoxy) is 1. The van der Waals surface area contributed by atoms with Crippen LogP contribution in [0.2, 0.25) is 0 Å². The van der Waals surface area contributed by atoms with Gasteiger partial charge in [-0.3, -0.25) is 4.90 Å². The van der Waals surface area contributed by atoms with Crippen LogP contribution in [0.4, 0.5) is 0 Å². The minimum atomic E-state index is 0.490. The van der Waals surface area contributed by atoms with Gasteiger partial charge in [0.1, 0.15) is 5.76 Å². The highest BCUT2D eigenvalue weighted by Gasteiger charge is 2.09. The van der Waals surface area contributed by atoms with Crippen molar-refractivity contribution in [1.82, 2.24) is 10.2 Å². The summed E-state index contributed by atoms with van der Waals surface area (Å²) < 4.78 is 10.6. The van der Waals surface area contributed by atoms with Crippen molar-refractivity contribution in [3.8, 4) is 0 Å². The second-order valence-corrected chi connectivity index (χ2v) is 4.64. The zero-order chi connectivity index (χ0) is 12.7. The molecule has 0 amide bonds. The number of likely N-dealkylation sites (N-methyl/N-ethyl adjacent to an activating group) is 1. The maximum Gasteiger partial charge on any atom is 0.122 e. The molecule has 0 aliphatic carbocycles. The summed E-state index contributed by atoms with van der Waals surface area (Å²) in [5, 5.41) is 3.40. The van der Waals surface area contributed by atoms with Gasteiger partial charge in [0.05, 0.1) is 19.4 Å². The first-order valence-corrected chi connectivity index (χ1v) is 6.09. The van der Waals surface area contributed by atoms with Crippen molar-refractivity contribution in [2.75, 3.05) is 27.3 Å². The lowest BCUT2D eigenvalue weighted by molar-refractivity contribution is 0.154. The van der Waals surface area contributed by atoms with Crippen LogP contribution in [0.25, 0.3) is 0 Å². The van der Waals surface area contributed by atoms with E-state index in [9.17, 15) is 0 Å². The Balaban J connectivity index is 2.44. The molecular formula is C13H24N2O2. The number of methoxy groups -OCH3 is 1. The quantitative estimate of drug-likeness (QED) is 0.752. The fourth-order valence-electron chi connectivity index (χ4n) is 1.55. The maximum atomic E-state index is 5.53. The van der Waals surface area contributed by atoms with E-state index < -0.39 is 0 Å². The normalized spacial score (nSPS) is 11.6. The standard InChI is InChI=1S/C13H24N2O2/c1-11(2)14-9-12-5-7-17-13(12)10-15(3)6-8-16-4/h5,7,11,14H,6,8-10H2,1-4H3. The average molecular weight is 240 g/mol. The van der Waals surface area contributed by atoms with Gasteiger partial charge in [0, 0.05) is 31.8 Å². The van der Waals surface area contributed by atoms with E-state index in [-0.39, 0.29) is 0 Å². The van der Waals surface area contributed by atoms with Crippen molar-refractivity contribution in [3.63, 3.8) is 0 Å². The Labute approximate surface area is 104 Å². The van der Waals surface area contributed by atoms with Gasteiger partial charge >= 0.3 is 0 Å². The lowest BCUT2D eigenvalue weighted by atomic mass is 10.2. The highest BCUT2D eigenvalue weighted by molar-refractivity contribution is 5.16. The molecule has 98 valence electrons. The monoisotopic (exact) mass is 240 g/mol. The Morgan fingerprint density at radius 2 is 2.24 bits per heavy atom. The fourth-order valence-corrected chi connectivity index (χ4v) is 1.55. The number of nitrogens with zero attached hydrogens (tertiary/aromatic N) is 1. The number of hydrogen-bond donors (Lipinski definition) is 1. The van der Waals surface area contributed by atoms with E-state index in [2.05, 4.69) is 31.1 Å². The first kappa shape index (κ1) is 14.2. The van der Waals surface area contributed by atoms with Crippen LogP contribution in [0, 0.1) is 0 Å². The average Bonchev–Trinajstić information content (AvgIpc) is 2.71. The molecule has 0 aliphatic heterocycles. The van der Waals surface area contributed by atoms with Gasteiger partial charge < -0.3 is 14.5 Å². The predicted molar refractivity (Wildman–Crippen MR) is 68.9 cm³/mol. The molecular weight excluding hydrogens is 216 g/mol. The summed E-state index contributed by atoms with van der Waals surface area (Å²) in [7, 11) is 3.79. The van der Waals surface area contributed by atoms with Crippen molar-refractivity contribution >= 4 is 0 Å². The minimum absolute atomic E-state index is 0.490. The Morgan fingerprint density at radius 3 is 2.88 bits per heavy atom. The molecule has 4 heteroatoms. The van der Waals surface area contributed by atoms with Gasteiger partial charge in [-0.25, -0.2) is 0 Å². The van der Waals surface area contributed by atoms with Crippen LogP contribution < -0.4 is 5.32 Å². The van der Waals surface area contributed by atoms with Crippen LogP contribution >= 0.6 is 0 Å². The van der Waals surface area contributed by atoms with E-state index >= 15 is 0 Å². The van der Waals surface area contributed by atoms with Crippen LogP contribution in [-0.4, -0.2) is 38.3 Å². The lowest BCUT2D eigenvalue weighted by Gasteiger charge is -2.15. The van der Waals surface area contributed by atoms with Crippen molar-refractivity contribution < 1.29 is 9.15 Å². The van der Waals surface area contributed by atoms with Gasteiger partial charge in [0.25, 0.3) is 0 Å². The molecule has 1 rings (SSSR count). The van der Waals surface area contributed by atoms with E-state index in [0.717, 1.165) is 32.0 Å². The molecule has 1 heterocycles. The SMILES string of the molecule is COCCN(C)Cc1occc1CNC(C)C. The number of furan rings is 1. The molecule has 0 aromatic carbocycles. The van der Waals surface area contributed by atoms with Crippen LogP contribution in [0.15, 0.2) is 16.7 Å². The molecule has 0 bridgehead atoms. The van der Waals surface area contributed by atoms with Crippen LogP contribution in [0.5, 0.6) is 0 Å². The number of nitrogens with one attached hydrogen (secondary N) is 1. The molecule has 0 fully saturated rings. The third-order valence-corrected chi connectivity index (χ3v) is 2.63. The molecule has 1 N–H and O–H groups in total. The third-order valence-electron chi connectivity index (χ3n) is 2.63. The second-order valence-electron chi connectivity index (χ2n) is 4.64. The molecule has 0 spiro atoms. The molecule has 4 nitrogen and oxygen atoms in total. The minimum Gasteiger partial charge on any atom is -0.468 e. The van der Waals surface area contributed by atoms with Gasteiger partial charge in [-0.05, 0) is 13.1 Å². The zero-order valence-corrected chi connectivity index (χ0v) is 11.3. The van der Waals surface area contributed by atoms with E-state index in [1.807, 2.05) is 6.07 Å². The third kappa shape index (κ3) is 5.35. The van der Waals surface area contributed by atoms with Gasteiger partial charge in [-0.15, -0.1) is 0 Å². The Kier molecular flexibility index (Phi) is 6.26. The van der Waals surface area contributed by atoms with Gasteiger partial charge in [-0.1, -0.05) is 13.8 Å². The summed E-state index contributed by atoms with van der Waals surface area (Å²) in [6.45, 7) is 7.63. The fraction of sp³-hybridized carbons (Fsp3) is 0.692. The molecule has 0 saturated carbocycles.